The summed E-state index contributed by atoms with van der Waals surface area (Å²) in [4.78, 5) is 34.4. The molecule has 0 bridgehead atoms. The van der Waals surface area contributed by atoms with Crippen LogP contribution in [0.3, 0.4) is 0 Å². The van der Waals surface area contributed by atoms with E-state index in [9.17, 15) is 14.9 Å². The largest absolute Gasteiger partial charge is 0.476 e. The first-order valence-corrected chi connectivity index (χ1v) is 17.8. The van der Waals surface area contributed by atoms with Crippen molar-refractivity contribution >= 4 is 47.0 Å². The number of benzene rings is 2. The third kappa shape index (κ3) is 6.91. The lowest BCUT2D eigenvalue weighted by molar-refractivity contribution is -0.384. The van der Waals surface area contributed by atoms with Crippen molar-refractivity contribution in [3.63, 3.8) is 0 Å². The van der Waals surface area contributed by atoms with Gasteiger partial charge in [0.2, 0.25) is 5.88 Å². The van der Waals surface area contributed by atoms with E-state index in [-0.39, 0.29) is 24.8 Å². The highest BCUT2D eigenvalue weighted by molar-refractivity contribution is 8.07. The van der Waals surface area contributed by atoms with Gasteiger partial charge < -0.3 is 23.5 Å². The fraction of sp³-hybridized carbons (Fsp3) is 0.414. The maximum Gasteiger partial charge on any atom is 0.381 e. The summed E-state index contributed by atoms with van der Waals surface area (Å²) in [7, 11) is 0. The highest BCUT2D eigenvalue weighted by Gasteiger charge is 2.54. The SMILES string of the molecule is O=c1nc(OCCc2ccc([N+](=O)[O-])cc2)c2ncn([C@@H]3O[C@@H]4COP(=S)(Oc5ccccc5Cl)OC4C3OC3CCCCO3)c2[nH]1. The summed E-state index contributed by atoms with van der Waals surface area (Å²) < 4.78 is 44.7. The molecule has 6 atom stereocenters. The minimum absolute atomic E-state index is 0.00478. The molecule has 3 fully saturated rings. The number of aromatic amines is 1. The predicted molar refractivity (Wildman–Crippen MR) is 170 cm³/mol. The molecule has 4 aromatic rings. The number of nitro groups is 1. The number of para-hydroxylation sites is 1. The van der Waals surface area contributed by atoms with Crippen molar-refractivity contribution in [3.05, 3.63) is 86.0 Å². The summed E-state index contributed by atoms with van der Waals surface area (Å²) in [6.45, 7) is -2.57. The minimum atomic E-state index is -3.33. The van der Waals surface area contributed by atoms with E-state index >= 15 is 0 Å². The normalized spacial score (nSPS) is 27.4. The highest BCUT2D eigenvalue weighted by Crippen LogP contribution is 2.58. The Bertz CT molecular complexity index is 1870. The summed E-state index contributed by atoms with van der Waals surface area (Å²) >= 11 is 12.1. The van der Waals surface area contributed by atoms with Crippen LogP contribution in [0.15, 0.2) is 59.7 Å². The molecule has 2 aromatic heterocycles. The van der Waals surface area contributed by atoms with Crippen LogP contribution in [0, 0.1) is 10.1 Å². The summed E-state index contributed by atoms with van der Waals surface area (Å²) in [6, 6.07) is 13.0. The van der Waals surface area contributed by atoms with Crippen molar-refractivity contribution in [3.8, 4) is 11.6 Å². The number of non-ortho nitro benzene ring substituents is 1. The molecule has 47 heavy (non-hydrogen) atoms. The van der Waals surface area contributed by atoms with Crippen LogP contribution in [0.4, 0.5) is 5.69 Å². The zero-order valence-corrected chi connectivity index (χ0v) is 27.1. The van der Waals surface area contributed by atoms with Gasteiger partial charge in [-0.05, 0) is 37.0 Å². The lowest BCUT2D eigenvalue weighted by Gasteiger charge is -2.36. The number of nitrogens with zero attached hydrogens (tertiary/aromatic N) is 4. The van der Waals surface area contributed by atoms with Crippen LogP contribution >= 0.6 is 18.3 Å². The van der Waals surface area contributed by atoms with Crippen molar-refractivity contribution in [2.45, 2.75) is 56.5 Å². The Morgan fingerprint density at radius 3 is 2.79 bits per heavy atom. The topological polar surface area (TPSA) is 171 Å². The molecule has 4 unspecified atom stereocenters. The number of fused-ring (bicyclic) bond motifs is 2. The standard InChI is InChI=1S/C29H29ClN5O10PS/c30-19-5-1-2-6-20(19)44-46(47)41-15-21-24(45-46)25(43-22-7-3-4-13-39-22)28(42-21)34-16-31-23-26(34)32-29(36)33-27(23)40-14-12-17-8-10-18(11-9-17)35(37)38/h1-2,5-6,8-11,16,21-22,24-25,28H,3-4,7,12-15H2,(H,32,33,36)/t21-,22?,24?,25?,28-,46?/m1/s1. The maximum atomic E-state index is 12.7. The van der Waals surface area contributed by atoms with Gasteiger partial charge in [0.25, 0.3) is 5.69 Å². The molecule has 1 N–H and O–H groups in total. The first-order valence-electron chi connectivity index (χ1n) is 14.9. The molecular weight excluding hydrogens is 677 g/mol. The molecule has 18 heteroatoms. The molecule has 7 rings (SSSR count). The van der Waals surface area contributed by atoms with Gasteiger partial charge in [0.1, 0.15) is 29.7 Å². The maximum absolute atomic E-state index is 12.7. The predicted octanol–water partition coefficient (Wildman–Crippen LogP) is 4.83. The summed E-state index contributed by atoms with van der Waals surface area (Å²) in [5.74, 6) is 0.363. The average Bonchev–Trinajstić information content (AvgIpc) is 3.63. The summed E-state index contributed by atoms with van der Waals surface area (Å²) in [6.07, 6.45) is 1.05. The van der Waals surface area contributed by atoms with E-state index in [2.05, 4.69) is 15.0 Å². The minimum Gasteiger partial charge on any atom is -0.476 e. The lowest BCUT2D eigenvalue weighted by atomic mass is 10.1. The van der Waals surface area contributed by atoms with Crippen LogP contribution in [-0.4, -0.2) is 68.9 Å². The lowest BCUT2D eigenvalue weighted by Crippen LogP contribution is -2.43. The van der Waals surface area contributed by atoms with Gasteiger partial charge in [-0.2, -0.15) is 4.98 Å². The first kappa shape index (κ1) is 32.1. The Kier molecular flexibility index (Phi) is 9.26. The molecule has 248 valence electrons. The first-order chi connectivity index (χ1) is 22.8. The third-order valence-corrected chi connectivity index (χ3v) is 10.4. The Labute approximate surface area is 277 Å². The third-order valence-electron chi connectivity index (χ3n) is 7.90. The number of H-pyrrole nitrogens is 1. The van der Waals surface area contributed by atoms with Crippen LogP contribution in [0.25, 0.3) is 11.2 Å². The van der Waals surface area contributed by atoms with Crippen molar-refractivity contribution in [1.82, 2.24) is 19.5 Å². The molecule has 15 nitrogen and oxygen atoms in total. The molecule has 0 saturated carbocycles. The van der Waals surface area contributed by atoms with Crippen molar-refractivity contribution in [1.29, 1.82) is 0 Å². The number of rotatable bonds is 10. The fourth-order valence-electron chi connectivity index (χ4n) is 5.62. The Morgan fingerprint density at radius 2 is 2.02 bits per heavy atom. The Morgan fingerprint density at radius 1 is 1.19 bits per heavy atom. The molecule has 2 aromatic carbocycles. The van der Waals surface area contributed by atoms with Crippen molar-refractivity contribution in [2.24, 2.45) is 0 Å². The van der Waals surface area contributed by atoms with Gasteiger partial charge in [-0.15, -0.1) is 0 Å². The fourth-order valence-corrected chi connectivity index (χ4v) is 8.01. The van der Waals surface area contributed by atoms with Gasteiger partial charge in [-0.25, -0.2) is 9.78 Å². The number of hydrogen-bond acceptors (Lipinski definition) is 13. The van der Waals surface area contributed by atoms with Crippen LogP contribution in [-0.2, 0) is 41.5 Å². The van der Waals surface area contributed by atoms with Gasteiger partial charge in [-0.3, -0.25) is 28.7 Å². The van der Waals surface area contributed by atoms with E-state index in [0.717, 1.165) is 18.4 Å². The van der Waals surface area contributed by atoms with Gasteiger partial charge >= 0.3 is 12.4 Å². The molecule has 0 aliphatic carbocycles. The molecule has 0 radical (unpaired) electrons. The monoisotopic (exact) mass is 705 g/mol. The zero-order valence-electron chi connectivity index (χ0n) is 24.6. The molecule has 5 heterocycles. The molecular formula is C29H29ClN5O10PS. The van der Waals surface area contributed by atoms with Crippen LogP contribution in [0.2, 0.25) is 5.02 Å². The molecule has 3 aliphatic rings. The number of nitro benzene ring substituents is 1. The van der Waals surface area contributed by atoms with Gasteiger partial charge in [0.15, 0.2) is 18.0 Å². The van der Waals surface area contributed by atoms with Gasteiger partial charge in [-0.1, -0.05) is 35.9 Å². The van der Waals surface area contributed by atoms with Crippen LogP contribution in [0.1, 0.15) is 31.1 Å². The molecule has 3 saturated heterocycles. The highest BCUT2D eigenvalue weighted by atomic mass is 35.5. The van der Waals surface area contributed by atoms with Gasteiger partial charge in [0.05, 0.1) is 29.5 Å². The second-order valence-electron chi connectivity index (χ2n) is 11.0. The molecule has 0 spiro atoms. The van der Waals surface area contributed by atoms with E-state index in [1.807, 2.05) is 0 Å². The number of nitrogens with one attached hydrogen (secondary N) is 1. The van der Waals surface area contributed by atoms with Crippen LogP contribution in [0.5, 0.6) is 11.6 Å². The number of hydrogen-bond donors (Lipinski definition) is 1. The summed E-state index contributed by atoms with van der Waals surface area (Å²) in [5, 5.41) is 11.3. The van der Waals surface area contributed by atoms with E-state index in [0.29, 0.717) is 41.4 Å². The van der Waals surface area contributed by atoms with Crippen molar-refractivity contribution in [2.75, 3.05) is 19.8 Å². The zero-order chi connectivity index (χ0) is 32.5. The number of ether oxygens (including phenoxy) is 4. The quantitative estimate of drug-likeness (QED) is 0.135. The van der Waals surface area contributed by atoms with Crippen LogP contribution < -0.4 is 15.0 Å². The Balaban J connectivity index is 1.14. The Hall–Kier alpha value is -3.47. The number of halogens is 1. The smallest absolute Gasteiger partial charge is 0.381 e. The second kappa shape index (κ2) is 13.6. The number of aromatic nitrogens is 4. The van der Waals surface area contributed by atoms with E-state index < -0.39 is 48.2 Å². The average molecular weight is 706 g/mol. The summed E-state index contributed by atoms with van der Waals surface area (Å²) in [5.41, 5.74) is 0.746. The number of imidazole rings is 1. The van der Waals surface area contributed by atoms with Gasteiger partial charge in [0, 0.05) is 37.0 Å². The van der Waals surface area contributed by atoms with Crippen molar-refractivity contribution < 1.29 is 37.4 Å². The van der Waals surface area contributed by atoms with E-state index in [4.69, 9.17) is 55.9 Å². The van der Waals surface area contributed by atoms with E-state index in [1.54, 1.807) is 41.0 Å². The molecule has 0 amide bonds. The second-order valence-corrected chi connectivity index (χ2v) is 14.3. The molecule has 3 aliphatic heterocycles. The van der Waals surface area contributed by atoms with E-state index in [1.165, 1.54) is 18.5 Å².